The summed E-state index contributed by atoms with van der Waals surface area (Å²) in [7, 11) is 0. The molecule has 8 aromatic carbocycles. The van der Waals surface area contributed by atoms with Crippen LogP contribution >= 0.6 is 31.9 Å². The summed E-state index contributed by atoms with van der Waals surface area (Å²) in [5, 5.41) is 7.15. The van der Waals surface area contributed by atoms with Crippen molar-refractivity contribution < 1.29 is 4.42 Å². The maximum atomic E-state index is 6.37. The average molecular weight is 809 g/mol. The van der Waals surface area contributed by atoms with Gasteiger partial charge in [-0.3, -0.25) is 0 Å². The molecule has 0 atom stereocenters. The van der Waals surface area contributed by atoms with Gasteiger partial charge in [-0.2, -0.15) is 0 Å². The minimum Gasteiger partial charge on any atom is -0.455 e. The normalized spacial score (nSPS) is 12.0. The summed E-state index contributed by atoms with van der Waals surface area (Å²) in [6.07, 6.45) is 0. The highest BCUT2D eigenvalue weighted by Crippen LogP contribution is 2.41. The number of benzene rings is 8. The number of furan rings is 1. The minimum absolute atomic E-state index is 0.911. The van der Waals surface area contributed by atoms with E-state index in [0.29, 0.717) is 0 Å². The number of hydrogen-bond donors (Lipinski definition) is 0. The first-order valence-electron chi connectivity index (χ1n) is 17.6. The molecule has 0 bridgehead atoms. The van der Waals surface area contributed by atoms with Crippen LogP contribution in [0.1, 0.15) is 0 Å². The fraction of sp³-hybridized carbons (Fsp3) is 0. The molecule has 3 heterocycles. The lowest BCUT2D eigenvalue weighted by molar-refractivity contribution is 0.670. The first-order valence-corrected chi connectivity index (χ1v) is 19.2. The van der Waals surface area contributed by atoms with Crippen LogP contribution < -0.4 is 0 Å². The minimum atomic E-state index is 0.911. The van der Waals surface area contributed by atoms with Gasteiger partial charge in [0.2, 0.25) is 0 Å². The average Bonchev–Trinajstić information content (AvgIpc) is 3.85. The van der Waals surface area contributed by atoms with Crippen molar-refractivity contribution in [3.8, 4) is 33.6 Å². The Labute approximate surface area is 321 Å². The molecule has 0 saturated heterocycles. The maximum Gasteiger partial charge on any atom is 0.143 e. The van der Waals surface area contributed by atoms with Crippen LogP contribution in [0.15, 0.2) is 183 Å². The summed E-state index contributed by atoms with van der Waals surface area (Å²) >= 11 is 7.50. The van der Waals surface area contributed by atoms with Crippen molar-refractivity contribution >= 4 is 97.4 Å². The smallest absolute Gasteiger partial charge is 0.143 e. The molecule has 5 heteroatoms. The Balaban J connectivity index is 1.05. The van der Waals surface area contributed by atoms with Gasteiger partial charge >= 0.3 is 0 Å². The van der Waals surface area contributed by atoms with E-state index in [1.807, 2.05) is 12.1 Å². The zero-order chi connectivity index (χ0) is 35.2. The molecule has 53 heavy (non-hydrogen) atoms. The summed E-state index contributed by atoms with van der Waals surface area (Å²) in [6, 6.07) is 61.0. The molecule has 0 aliphatic rings. The maximum absolute atomic E-state index is 6.37. The number of rotatable bonds is 4. The standard InChI is InChI=1S/C48H28Br2N2O/c49-32-17-23-45-41(27-32)39-25-30(15-21-43(39)51(45)34-7-2-1-3-8-34)31-16-22-44-40(26-31)42-28-33(50)18-24-46(42)52(44)35-19-13-29(14-20-35)36-10-6-11-38-37-9-4-5-12-47(37)53-48(36)38/h1-28H. The van der Waals surface area contributed by atoms with Crippen LogP contribution in [-0.2, 0) is 0 Å². The Hall–Kier alpha value is -5.88. The molecule has 250 valence electrons. The molecule has 0 N–H and O–H groups in total. The largest absolute Gasteiger partial charge is 0.455 e. The zero-order valence-electron chi connectivity index (χ0n) is 28.2. The molecule has 11 aromatic rings. The Morgan fingerprint density at radius 3 is 1.47 bits per heavy atom. The van der Waals surface area contributed by atoms with Crippen LogP contribution in [-0.4, -0.2) is 9.13 Å². The van der Waals surface area contributed by atoms with Crippen LogP contribution in [0, 0.1) is 0 Å². The van der Waals surface area contributed by atoms with Crippen LogP contribution in [0.25, 0.3) is 99.2 Å². The number of fused-ring (bicyclic) bond motifs is 9. The first-order chi connectivity index (χ1) is 26.1. The second-order valence-corrected chi connectivity index (χ2v) is 15.5. The second-order valence-electron chi connectivity index (χ2n) is 13.6. The summed E-state index contributed by atoms with van der Waals surface area (Å²) in [4.78, 5) is 0. The van der Waals surface area contributed by atoms with Gasteiger partial charge in [0, 0.05) is 58.2 Å². The summed E-state index contributed by atoms with van der Waals surface area (Å²) in [6.45, 7) is 0. The van der Waals surface area contributed by atoms with Crippen molar-refractivity contribution in [2.75, 3.05) is 0 Å². The van der Waals surface area contributed by atoms with Crippen molar-refractivity contribution in [3.63, 3.8) is 0 Å². The lowest BCUT2D eigenvalue weighted by Crippen LogP contribution is -1.94. The van der Waals surface area contributed by atoms with Gasteiger partial charge in [-0.15, -0.1) is 0 Å². The Bertz CT molecular complexity index is 3240. The Morgan fingerprint density at radius 2 is 0.849 bits per heavy atom. The Morgan fingerprint density at radius 1 is 0.358 bits per heavy atom. The van der Waals surface area contributed by atoms with E-state index in [0.717, 1.165) is 53.4 Å². The highest BCUT2D eigenvalue weighted by Gasteiger charge is 2.18. The molecule has 0 spiro atoms. The summed E-state index contributed by atoms with van der Waals surface area (Å²) < 4.78 is 13.2. The van der Waals surface area contributed by atoms with Gasteiger partial charge in [0.05, 0.1) is 22.1 Å². The third kappa shape index (κ3) is 4.77. The molecule has 0 aliphatic carbocycles. The summed E-state index contributed by atoms with van der Waals surface area (Å²) in [5.74, 6) is 0. The molecule has 0 radical (unpaired) electrons. The van der Waals surface area contributed by atoms with E-state index in [-0.39, 0.29) is 0 Å². The van der Waals surface area contributed by atoms with Gasteiger partial charge in [-0.05, 0) is 108 Å². The second kappa shape index (κ2) is 11.8. The van der Waals surface area contributed by atoms with E-state index in [1.54, 1.807) is 0 Å². The van der Waals surface area contributed by atoms with Crippen LogP contribution in [0.4, 0.5) is 0 Å². The van der Waals surface area contributed by atoms with Crippen LogP contribution in [0.5, 0.6) is 0 Å². The van der Waals surface area contributed by atoms with Gasteiger partial charge in [-0.1, -0.05) is 111 Å². The van der Waals surface area contributed by atoms with Crippen molar-refractivity contribution in [2.24, 2.45) is 0 Å². The van der Waals surface area contributed by atoms with E-state index < -0.39 is 0 Å². The highest BCUT2D eigenvalue weighted by atomic mass is 79.9. The molecule has 0 aliphatic heterocycles. The fourth-order valence-electron chi connectivity index (χ4n) is 8.25. The van der Waals surface area contributed by atoms with Crippen LogP contribution in [0.2, 0.25) is 0 Å². The topological polar surface area (TPSA) is 23.0 Å². The quantitative estimate of drug-likeness (QED) is 0.174. The molecule has 3 aromatic heterocycles. The number of halogens is 2. The van der Waals surface area contributed by atoms with Crippen molar-refractivity contribution in [2.45, 2.75) is 0 Å². The van der Waals surface area contributed by atoms with Gasteiger partial charge in [-0.25, -0.2) is 0 Å². The zero-order valence-corrected chi connectivity index (χ0v) is 31.4. The third-order valence-electron chi connectivity index (χ3n) is 10.6. The highest BCUT2D eigenvalue weighted by molar-refractivity contribution is 9.10. The fourth-order valence-corrected chi connectivity index (χ4v) is 8.97. The van der Waals surface area contributed by atoms with Crippen LogP contribution in [0.3, 0.4) is 0 Å². The molecule has 0 amide bonds. The molecular weight excluding hydrogens is 780 g/mol. The van der Waals surface area contributed by atoms with Gasteiger partial charge in [0.1, 0.15) is 11.2 Å². The molecular formula is C48H28Br2N2O. The first kappa shape index (κ1) is 30.7. The monoisotopic (exact) mass is 806 g/mol. The summed E-state index contributed by atoms with van der Waals surface area (Å²) in [5.41, 5.74) is 13.4. The van der Waals surface area contributed by atoms with E-state index in [9.17, 15) is 0 Å². The van der Waals surface area contributed by atoms with E-state index >= 15 is 0 Å². The molecule has 3 nitrogen and oxygen atoms in total. The number of hydrogen-bond acceptors (Lipinski definition) is 1. The number of aromatic nitrogens is 2. The van der Waals surface area contributed by atoms with E-state index in [4.69, 9.17) is 4.42 Å². The van der Waals surface area contributed by atoms with E-state index in [2.05, 4.69) is 199 Å². The molecule has 0 saturated carbocycles. The molecule has 0 unspecified atom stereocenters. The third-order valence-corrected chi connectivity index (χ3v) is 11.6. The predicted octanol–water partition coefficient (Wildman–Crippen LogP) is 14.6. The predicted molar refractivity (Wildman–Crippen MR) is 229 cm³/mol. The Kier molecular flexibility index (Phi) is 6.85. The van der Waals surface area contributed by atoms with Crippen molar-refractivity contribution in [3.05, 3.63) is 179 Å². The SMILES string of the molecule is Brc1ccc2c(c1)c1cc(-c3ccc4c(c3)c3cc(Br)ccc3n4-c3ccc(-c4cccc5c4oc4ccccc45)cc3)ccc1n2-c1ccccc1. The number of para-hydroxylation sites is 3. The van der Waals surface area contributed by atoms with Crippen molar-refractivity contribution in [1.82, 2.24) is 9.13 Å². The van der Waals surface area contributed by atoms with E-state index in [1.165, 1.54) is 54.7 Å². The van der Waals surface area contributed by atoms with Gasteiger partial charge < -0.3 is 13.6 Å². The van der Waals surface area contributed by atoms with Gasteiger partial charge in [0.15, 0.2) is 0 Å². The lowest BCUT2D eigenvalue weighted by atomic mass is 10.0. The molecule has 11 rings (SSSR count). The number of nitrogens with zero attached hydrogens (tertiary/aromatic N) is 2. The lowest BCUT2D eigenvalue weighted by Gasteiger charge is -2.10. The van der Waals surface area contributed by atoms with Crippen molar-refractivity contribution in [1.29, 1.82) is 0 Å². The van der Waals surface area contributed by atoms with Gasteiger partial charge in [0.25, 0.3) is 0 Å². The molecule has 0 fully saturated rings.